The van der Waals surface area contributed by atoms with Crippen molar-refractivity contribution < 1.29 is 14.6 Å². The maximum Gasteiger partial charge on any atom is 0.305 e. The van der Waals surface area contributed by atoms with Crippen LogP contribution in [0.5, 0.6) is 0 Å². The van der Waals surface area contributed by atoms with Crippen LogP contribution in [-0.4, -0.2) is 41.9 Å². The number of carbonyl (C=O) groups is 1. The molecule has 2 heterocycles. The van der Waals surface area contributed by atoms with E-state index in [1.807, 2.05) is 24.8 Å². The number of aromatic nitrogens is 1. The van der Waals surface area contributed by atoms with Gasteiger partial charge in [-0.25, -0.2) is 4.98 Å². The zero-order valence-corrected chi connectivity index (χ0v) is 11.6. The number of nitriles is 1. The zero-order chi connectivity index (χ0) is 14.7. The van der Waals surface area contributed by atoms with Gasteiger partial charge in [0.25, 0.3) is 0 Å². The Kier molecular flexibility index (Phi) is 4.20. The molecule has 6 nitrogen and oxygen atoms in total. The van der Waals surface area contributed by atoms with Gasteiger partial charge in [-0.1, -0.05) is 0 Å². The summed E-state index contributed by atoms with van der Waals surface area (Å²) >= 11 is 0. The van der Waals surface area contributed by atoms with Crippen LogP contribution in [0.1, 0.15) is 23.2 Å². The molecule has 1 unspecified atom stereocenters. The molecule has 1 fully saturated rings. The number of hydrogen-bond donors (Lipinski definition) is 1. The van der Waals surface area contributed by atoms with Crippen molar-refractivity contribution in [3.8, 4) is 6.07 Å². The summed E-state index contributed by atoms with van der Waals surface area (Å²) in [6.07, 6.45) is -0.0282. The number of carboxylic acids is 1. The fourth-order valence-electron chi connectivity index (χ4n) is 2.47. The van der Waals surface area contributed by atoms with E-state index in [0.29, 0.717) is 31.1 Å². The highest BCUT2D eigenvalue weighted by Crippen LogP contribution is 2.26. The molecule has 0 amide bonds. The van der Waals surface area contributed by atoms with Crippen LogP contribution in [0.25, 0.3) is 0 Å². The van der Waals surface area contributed by atoms with Gasteiger partial charge in [0.15, 0.2) is 0 Å². The minimum absolute atomic E-state index is 0.0282. The van der Waals surface area contributed by atoms with Crippen LogP contribution in [0.2, 0.25) is 0 Å². The van der Waals surface area contributed by atoms with Crippen LogP contribution < -0.4 is 4.90 Å². The van der Waals surface area contributed by atoms with Gasteiger partial charge in [0.2, 0.25) is 0 Å². The molecule has 1 aliphatic rings. The highest BCUT2D eigenvalue weighted by atomic mass is 16.5. The Bertz CT molecular complexity index is 566. The number of aryl methyl sites for hydroxylation is 2. The van der Waals surface area contributed by atoms with E-state index in [2.05, 4.69) is 11.1 Å². The molecule has 0 spiro atoms. The maximum absolute atomic E-state index is 11.0. The average molecular weight is 275 g/mol. The molecule has 1 aromatic heterocycles. The number of aliphatic carboxylic acids is 1. The van der Waals surface area contributed by atoms with E-state index in [4.69, 9.17) is 9.84 Å². The van der Waals surface area contributed by atoms with Gasteiger partial charge in [0, 0.05) is 12.2 Å². The standard InChI is InChI=1S/C14H17N3O3/c1-9-5-10(2)16-14(12(9)7-15)17-3-4-20-8-11(17)6-13(18)19/h5,11H,3-4,6,8H2,1-2H3,(H,18,19). The first-order valence-electron chi connectivity index (χ1n) is 6.47. The first-order valence-corrected chi connectivity index (χ1v) is 6.47. The smallest absolute Gasteiger partial charge is 0.305 e. The van der Waals surface area contributed by atoms with Crippen LogP contribution in [0, 0.1) is 25.2 Å². The SMILES string of the molecule is Cc1cc(C)c(C#N)c(N2CCOCC2CC(=O)O)n1. The number of morpholine rings is 1. The predicted molar refractivity (Wildman–Crippen MR) is 72.6 cm³/mol. The Labute approximate surface area is 117 Å². The average Bonchev–Trinajstić information content (AvgIpc) is 2.38. The summed E-state index contributed by atoms with van der Waals surface area (Å²) in [6.45, 7) is 5.12. The van der Waals surface area contributed by atoms with Crippen molar-refractivity contribution in [2.75, 3.05) is 24.7 Å². The van der Waals surface area contributed by atoms with E-state index in [9.17, 15) is 10.1 Å². The summed E-state index contributed by atoms with van der Waals surface area (Å²) in [5, 5.41) is 18.3. The van der Waals surface area contributed by atoms with Gasteiger partial charge in [-0.05, 0) is 25.5 Å². The molecule has 0 bridgehead atoms. The molecular formula is C14H17N3O3. The number of carboxylic acid groups (broad SMARTS) is 1. The predicted octanol–water partition coefficient (Wildman–Crippen LogP) is 1.25. The topological polar surface area (TPSA) is 86.5 Å². The molecule has 6 heteroatoms. The second-order valence-corrected chi connectivity index (χ2v) is 4.91. The third-order valence-corrected chi connectivity index (χ3v) is 3.35. The lowest BCUT2D eigenvalue weighted by Gasteiger charge is -2.36. The van der Waals surface area contributed by atoms with E-state index in [1.165, 1.54) is 0 Å². The molecule has 0 aromatic carbocycles. The number of pyridine rings is 1. The molecule has 106 valence electrons. The third kappa shape index (κ3) is 2.89. The summed E-state index contributed by atoms with van der Waals surface area (Å²) in [5.41, 5.74) is 2.18. The monoisotopic (exact) mass is 275 g/mol. The largest absolute Gasteiger partial charge is 0.481 e. The summed E-state index contributed by atoms with van der Waals surface area (Å²) in [7, 11) is 0. The molecule has 1 aromatic rings. The highest BCUT2D eigenvalue weighted by molar-refractivity contribution is 5.69. The van der Waals surface area contributed by atoms with E-state index in [-0.39, 0.29) is 12.5 Å². The fourth-order valence-corrected chi connectivity index (χ4v) is 2.47. The molecule has 2 rings (SSSR count). The van der Waals surface area contributed by atoms with Gasteiger partial charge < -0.3 is 14.7 Å². The van der Waals surface area contributed by atoms with Crippen molar-refractivity contribution in [2.45, 2.75) is 26.3 Å². The minimum atomic E-state index is -0.881. The Balaban J connectivity index is 2.42. The van der Waals surface area contributed by atoms with Crippen molar-refractivity contribution in [3.05, 3.63) is 22.9 Å². The summed E-state index contributed by atoms with van der Waals surface area (Å²) in [5.74, 6) is -0.312. The van der Waals surface area contributed by atoms with E-state index >= 15 is 0 Å². The summed E-state index contributed by atoms with van der Waals surface area (Å²) < 4.78 is 5.35. The van der Waals surface area contributed by atoms with E-state index in [0.717, 1.165) is 11.3 Å². The normalized spacial score (nSPS) is 18.6. The van der Waals surface area contributed by atoms with Crippen LogP contribution in [0.15, 0.2) is 6.07 Å². The van der Waals surface area contributed by atoms with Crippen molar-refractivity contribution in [2.24, 2.45) is 0 Å². The molecule has 1 aliphatic heterocycles. The van der Waals surface area contributed by atoms with Crippen LogP contribution >= 0.6 is 0 Å². The Morgan fingerprint density at radius 2 is 2.40 bits per heavy atom. The van der Waals surface area contributed by atoms with Gasteiger partial charge in [0.05, 0.1) is 31.2 Å². The zero-order valence-electron chi connectivity index (χ0n) is 11.6. The molecule has 20 heavy (non-hydrogen) atoms. The lowest BCUT2D eigenvalue weighted by Crippen LogP contribution is -2.47. The van der Waals surface area contributed by atoms with Gasteiger partial charge >= 0.3 is 5.97 Å². The molecule has 0 aliphatic carbocycles. The fraction of sp³-hybridized carbons (Fsp3) is 0.500. The van der Waals surface area contributed by atoms with Crippen molar-refractivity contribution in [3.63, 3.8) is 0 Å². The minimum Gasteiger partial charge on any atom is -0.481 e. The van der Waals surface area contributed by atoms with E-state index < -0.39 is 5.97 Å². The molecular weight excluding hydrogens is 258 g/mol. The van der Waals surface area contributed by atoms with Gasteiger partial charge in [-0.15, -0.1) is 0 Å². The quantitative estimate of drug-likeness (QED) is 0.893. The molecule has 1 atom stereocenters. The Morgan fingerprint density at radius 1 is 1.65 bits per heavy atom. The van der Waals surface area contributed by atoms with Crippen molar-refractivity contribution in [1.29, 1.82) is 5.26 Å². The first-order chi connectivity index (χ1) is 9.52. The van der Waals surface area contributed by atoms with E-state index in [1.54, 1.807) is 0 Å². The maximum atomic E-state index is 11.0. The first kappa shape index (κ1) is 14.3. The summed E-state index contributed by atoms with van der Waals surface area (Å²) in [6, 6.07) is 3.74. The second kappa shape index (κ2) is 5.88. The third-order valence-electron chi connectivity index (χ3n) is 3.35. The number of hydrogen-bond acceptors (Lipinski definition) is 5. The van der Waals surface area contributed by atoms with Crippen LogP contribution in [-0.2, 0) is 9.53 Å². The van der Waals surface area contributed by atoms with Gasteiger partial charge in [0.1, 0.15) is 11.9 Å². The van der Waals surface area contributed by atoms with Gasteiger partial charge in [-0.2, -0.15) is 5.26 Å². The molecule has 1 saturated heterocycles. The number of anilines is 1. The Morgan fingerprint density at radius 3 is 3.05 bits per heavy atom. The van der Waals surface area contributed by atoms with Crippen molar-refractivity contribution in [1.82, 2.24) is 4.98 Å². The molecule has 0 radical (unpaired) electrons. The Hall–Kier alpha value is -2.13. The molecule has 0 saturated carbocycles. The van der Waals surface area contributed by atoms with Crippen LogP contribution in [0.4, 0.5) is 5.82 Å². The number of nitrogens with zero attached hydrogens (tertiary/aromatic N) is 3. The molecule has 1 N–H and O–H groups in total. The number of ether oxygens (including phenoxy) is 1. The second-order valence-electron chi connectivity index (χ2n) is 4.91. The number of rotatable bonds is 3. The summed E-state index contributed by atoms with van der Waals surface area (Å²) in [4.78, 5) is 17.3. The van der Waals surface area contributed by atoms with Crippen molar-refractivity contribution >= 4 is 11.8 Å². The van der Waals surface area contributed by atoms with Crippen LogP contribution in [0.3, 0.4) is 0 Å². The lowest BCUT2D eigenvalue weighted by atomic mass is 10.1. The lowest BCUT2D eigenvalue weighted by molar-refractivity contribution is -0.138. The van der Waals surface area contributed by atoms with Gasteiger partial charge in [-0.3, -0.25) is 4.79 Å². The highest BCUT2D eigenvalue weighted by Gasteiger charge is 2.28.